The number of nitrogens with one attached hydrogen (secondary N) is 1. The molecule has 6 heteroatoms. The molecule has 2 aliphatic rings. The number of anilines is 1. The highest BCUT2D eigenvalue weighted by Crippen LogP contribution is 2.38. The van der Waals surface area contributed by atoms with Crippen molar-refractivity contribution in [3.63, 3.8) is 0 Å². The molecule has 0 spiro atoms. The second-order valence-corrected chi connectivity index (χ2v) is 6.81. The largest absolute Gasteiger partial charge is 0.481 e. The molecule has 0 radical (unpaired) electrons. The quantitative estimate of drug-likeness (QED) is 0.871. The molecule has 1 aliphatic carbocycles. The summed E-state index contributed by atoms with van der Waals surface area (Å²) in [7, 11) is 0. The lowest BCUT2D eigenvalue weighted by atomic mass is 10.1. The Morgan fingerprint density at radius 1 is 1.55 bits per heavy atom. The Hall–Kier alpha value is -1.14. The number of nitrogens with zero attached hydrogens (tertiary/aromatic N) is 2. The summed E-state index contributed by atoms with van der Waals surface area (Å²) in [6, 6.07) is 0.506. The van der Waals surface area contributed by atoms with Crippen molar-refractivity contribution in [2.45, 2.75) is 44.6 Å². The predicted octanol–water partition coefficient (Wildman–Crippen LogP) is 2.15. The van der Waals surface area contributed by atoms with E-state index in [0.717, 1.165) is 28.7 Å². The normalized spacial score (nSPS) is 23.8. The molecule has 3 rings (SSSR count). The highest BCUT2D eigenvalue weighted by atomic mass is 32.1. The van der Waals surface area contributed by atoms with E-state index < -0.39 is 11.9 Å². The van der Waals surface area contributed by atoms with Crippen molar-refractivity contribution in [3.05, 3.63) is 10.6 Å². The molecule has 0 bridgehead atoms. The van der Waals surface area contributed by atoms with Gasteiger partial charge in [-0.3, -0.25) is 9.69 Å². The Bertz CT molecular complexity index is 497. The summed E-state index contributed by atoms with van der Waals surface area (Å²) in [4.78, 5) is 19.3. The average Bonchev–Trinajstić information content (AvgIpc) is 3.11. The number of fused-ring (bicyclic) bond motifs is 1. The number of hydrogen-bond donors (Lipinski definition) is 2. The Labute approximate surface area is 123 Å². The molecule has 1 aromatic rings. The van der Waals surface area contributed by atoms with Gasteiger partial charge in [-0.2, -0.15) is 0 Å². The second-order valence-electron chi connectivity index (χ2n) is 5.73. The van der Waals surface area contributed by atoms with Gasteiger partial charge in [0.15, 0.2) is 5.13 Å². The summed E-state index contributed by atoms with van der Waals surface area (Å²) >= 11 is 1.62. The summed E-state index contributed by atoms with van der Waals surface area (Å²) in [6.07, 6.45) is 4.16. The van der Waals surface area contributed by atoms with Crippen molar-refractivity contribution >= 4 is 22.4 Å². The van der Waals surface area contributed by atoms with Crippen LogP contribution in [-0.2, 0) is 11.2 Å². The molecule has 1 aliphatic heterocycles. The Morgan fingerprint density at radius 3 is 3.00 bits per heavy atom. The van der Waals surface area contributed by atoms with Gasteiger partial charge in [0.05, 0.1) is 5.69 Å². The van der Waals surface area contributed by atoms with Gasteiger partial charge in [-0.15, -0.1) is 11.3 Å². The number of aliphatic carboxylic acids is 1. The summed E-state index contributed by atoms with van der Waals surface area (Å²) in [5, 5.41) is 13.4. The van der Waals surface area contributed by atoms with Crippen LogP contribution in [0.15, 0.2) is 0 Å². The van der Waals surface area contributed by atoms with Crippen LogP contribution in [0, 0.1) is 0 Å². The topological polar surface area (TPSA) is 65.5 Å². The van der Waals surface area contributed by atoms with E-state index in [9.17, 15) is 4.79 Å². The summed E-state index contributed by atoms with van der Waals surface area (Å²) in [6.45, 7) is 5.50. The van der Waals surface area contributed by atoms with Crippen LogP contribution in [0.25, 0.3) is 0 Å². The smallest absolute Gasteiger partial charge is 0.312 e. The van der Waals surface area contributed by atoms with Gasteiger partial charge in [0.25, 0.3) is 0 Å². The molecule has 110 valence electrons. The maximum absolute atomic E-state index is 11.2. The van der Waals surface area contributed by atoms with E-state index in [1.165, 1.54) is 25.9 Å². The van der Waals surface area contributed by atoms with E-state index in [2.05, 4.69) is 22.1 Å². The van der Waals surface area contributed by atoms with Gasteiger partial charge >= 0.3 is 5.97 Å². The highest BCUT2D eigenvalue weighted by molar-refractivity contribution is 7.15. The summed E-state index contributed by atoms with van der Waals surface area (Å²) < 4.78 is 0. The molecule has 2 N–H and O–H groups in total. The van der Waals surface area contributed by atoms with Gasteiger partial charge in [0, 0.05) is 17.5 Å². The molecule has 2 atom stereocenters. The number of aromatic nitrogens is 1. The fraction of sp³-hybridized carbons (Fsp3) is 0.714. The molecule has 0 aromatic carbocycles. The summed E-state index contributed by atoms with van der Waals surface area (Å²) in [5.74, 6) is -1.14. The first-order valence-corrected chi connectivity index (χ1v) is 8.17. The van der Waals surface area contributed by atoms with E-state index in [1.54, 1.807) is 11.3 Å². The van der Waals surface area contributed by atoms with Crippen LogP contribution in [-0.4, -0.2) is 46.6 Å². The van der Waals surface area contributed by atoms with Crippen molar-refractivity contribution in [2.24, 2.45) is 0 Å². The number of likely N-dealkylation sites (tertiary alicyclic amines) is 1. The number of hydrogen-bond acceptors (Lipinski definition) is 5. The van der Waals surface area contributed by atoms with Crippen LogP contribution in [0.5, 0.6) is 0 Å². The average molecular weight is 295 g/mol. The van der Waals surface area contributed by atoms with Crippen molar-refractivity contribution < 1.29 is 9.90 Å². The number of rotatable bonds is 5. The third-order valence-electron chi connectivity index (χ3n) is 4.33. The van der Waals surface area contributed by atoms with Crippen molar-refractivity contribution in [2.75, 3.05) is 25.0 Å². The van der Waals surface area contributed by atoms with Gasteiger partial charge in [-0.25, -0.2) is 4.98 Å². The zero-order chi connectivity index (χ0) is 14.1. The molecule has 1 saturated heterocycles. The molecule has 5 nitrogen and oxygen atoms in total. The molecule has 2 heterocycles. The number of carboxylic acids is 1. The number of thiazole rings is 1. The van der Waals surface area contributed by atoms with Crippen molar-refractivity contribution in [3.8, 4) is 0 Å². The van der Waals surface area contributed by atoms with Crippen LogP contribution in [0.1, 0.15) is 42.7 Å². The predicted molar refractivity (Wildman–Crippen MR) is 79.6 cm³/mol. The molecule has 1 fully saturated rings. The van der Waals surface area contributed by atoms with Gasteiger partial charge < -0.3 is 10.4 Å². The zero-order valence-electron chi connectivity index (χ0n) is 11.8. The molecular formula is C14H21N3O2S. The molecule has 1 aromatic heterocycles. The lowest BCUT2D eigenvalue weighted by molar-refractivity contribution is -0.138. The highest BCUT2D eigenvalue weighted by Gasteiger charge is 2.32. The lowest BCUT2D eigenvalue weighted by Crippen LogP contribution is -2.35. The van der Waals surface area contributed by atoms with E-state index in [0.29, 0.717) is 12.5 Å². The zero-order valence-corrected chi connectivity index (χ0v) is 12.6. The van der Waals surface area contributed by atoms with Crippen LogP contribution in [0.2, 0.25) is 0 Å². The van der Waals surface area contributed by atoms with Crippen molar-refractivity contribution in [1.82, 2.24) is 9.88 Å². The van der Waals surface area contributed by atoms with E-state index in [4.69, 9.17) is 5.11 Å². The van der Waals surface area contributed by atoms with E-state index in [-0.39, 0.29) is 0 Å². The number of aryl methyl sites for hydroxylation is 1. The molecule has 0 saturated carbocycles. The SMILES string of the molecule is CC(CNc1nc2c(s1)CCC2C(=O)O)N1CCCC1. The fourth-order valence-corrected chi connectivity index (χ4v) is 4.13. The Morgan fingerprint density at radius 2 is 2.30 bits per heavy atom. The first-order valence-electron chi connectivity index (χ1n) is 7.35. The van der Waals surface area contributed by atoms with Crippen LogP contribution in [0.3, 0.4) is 0 Å². The van der Waals surface area contributed by atoms with Gasteiger partial charge in [0.2, 0.25) is 0 Å². The van der Waals surface area contributed by atoms with Crippen molar-refractivity contribution in [1.29, 1.82) is 0 Å². The minimum absolute atomic E-state index is 0.396. The van der Waals surface area contributed by atoms with Crippen LogP contribution in [0.4, 0.5) is 5.13 Å². The lowest BCUT2D eigenvalue weighted by Gasteiger charge is -2.23. The second kappa shape index (κ2) is 5.69. The Kier molecular flexibility index (Phi) is 3.94. The van der Waals surface area contributed by atoms with Crippen LogP contribution >= 0.6 is 11.3 Å². The monoisotopic (exact) mass is 295 g/mol. The number of carbonyl (C=O) groups is 1. The standard InChI is InChI=1S/C14H21N3O2S/c1-9(17-6-2-3-7-17)8-15-14-16-12-10(13(18)19)4-5-11(12)20-14/h9-10H,2-8H2,1H3,(H,15,16)(H,18,19). The minimum atomic E-state index is -0.744. The maximum atomic E-state index is 11.2. The minimum Gasteiger partial charge on any atom is -0.481 e. The third kappa shape index (κ3) is 2.67. The molecule has 20 heavy (non-hydrogen) atoms. The van der Waals surface area contributed by atoms with E-state index in [1.807, 2.05) is 0 Å². The first kappa shape index (κ1) is 13.8. The van der Waals surface area contributed by atoms with Gasteiger partial charge in [-0.05, 0) is 45.7 Å². The molecule has 2 unspecified atom stereocenters. The fourth-order valence-electron chi connectivity index (χ4n) is 3.09. The molecule has 0 amide bonds. The third-order valence-corrected chi connectivity index (χ3v) is 5.42. The Balaban J connectivity index is 1.59. The van der Waals surface area contributed by atoms with E-state index >= 15 is 0 Å². The number of carboxylic acid groups (broad SMARTS) is 1. The summed E-state index contributed by atoms with van der Waals surface area (Å²) in [5.41, 5.74) is 0.791. The van der Waals surface area contributed by atoms with Gasteiger partial charge in [-0.1, -0.05) is 0 Å². The maximum Gasteiger partial charge on any atom is 0.312 e. The van der Waals surface area contributed by atoms with Crippen LogP contribution < -0.4 is 5.32 Å². The first-order chi connectivity index (χ1) is 9.65. The molecular weight excluding hydrogens is 274 g/mol. The van der Waals surface area contributed by atoms with Gasteiger partial charge in [0.1, 0.15) is 5.92 Å².